The second kappa shape index (κ2) is 8.76. The number of nitrogens with one attached hydrogen (secondary N) is 1. The van der Waals surface area contributed by atoms with Gasteiger partial charge in [0.05, 0.1) is 11.4 Å². The van der Waals surface area contributed by atoms with Gasteiger partial charge in [-0.05, 0) is 38.1 Å². The number of hydrogen-bond donors (Lipinski definition) is 1. The summed E-state index contributed by atoms with van der Waals surface area (Å²) in [5.74, 6) is 0.757. The van der Waals surface area contributed by atoms with Gasteiger partial charge in [-0.2, -0.15) is 0 Å². The van der Waals surface area contributed by atoms with Gasteiger partial charge in [-0.1, -0.05) is 42.5 Å². The smallest absolute Gasteiger partial charge is 0.138 e. The Morgan fingerprint density at radius 2 is 1.75 bits per heavy atom. The minimum Gasteiger partial charge on any atom is -0.337 e. The maximum Gasteiger partial charge on any atom is 0.138 e. The molecule has 28 heavy (non-hydrogen) atoms. The number of aromatic amines is 1. The van der Waals surface area contributed by atoms with E-state index in [0.717, 1.165) is 38.8 Å². The summed E-state index contributed by atoms with van der Waals surface area (Å²) in [4.78, 5) is 13.3. The molecule has 1 unspecified atom stereocenters. The Hall–Kier alpha value is -3.05. The van der Waals surface area contributed by atoms with Crippen molar-refractivity contribution in [1.29, 1.82) is 0 Å². The first-order chi connectivity index (χ1) is 13.5. The molecule has 0 saturated carbocycles. The summed E-state index contributed by atoms with van der Waals surface area (Å²) in [6.45, 7) is 7.96. The number of hydrogen-bond acceptors (Lipinski definition) is 3. The summed E-state index contributed by atoms with van der Waals surface area (Å²) in [7, 11) is -1.00. The highest BCUT2D eigenvalue weighted by Gasteiger charge is 2.16. The van der Waals surface area contributed by atoms with Crippen LogP contribution in [0.5, 0.6) is 0 Å². The predicted molar refractivity (Wildman–Crippen MR) is 117 cm³/mol. The summed E-state index contributed by atoms with van der Waals surface area (Å²) in [6.07, 6.45) is 11.0. The molecular formula is C23H23N3OS. The molecule has 4 nitrogen and oxygen atoms in total. The van der Waals surface area contributed by atoms with E-state index in [-0.39, 0.29) is 0 Å². The Labute approximate surface area is 168 Å². The van der Waals surface area contributed by atoms with Crippen LogP contribution < -0.4 is 0 Å². The summed E-state index contributed by atoms with van der Waals surface area (Å²) in [6, 6.07) is 11.5. The van der Waals surface area contributed by atoms with Crippen molar-refractivity contribution >= 4 is 16.4 Å². The maximum absolute atomic E-state index is 11.7. The second-order valence-corrected chi connectivity index (χ2v) is 7.98. The van der Waals surface area contributed by atoms with Crippen LogP contribution in [0.25, 0.3) is 28.2 Å². The van der Waals surface area contributed by atoms with E-state index in [1.807, 2.05) is 42.5 Å². The Balaban J connectivity index is 2.17. The first-order valence-electron chi connectivity index (χ1n) is 8.92. The van der Waals surface area contributed by atoms with Crippen molar-refractivity contribution in [3.63, 3.8) is 0 Å². The van der Waals surface area contributed by atoms with Crippen LogP contribution in [-0.2, 0) is 10.8 Å². The molecule has 3 rings (SSSR count). The van der Waals surface area contributed by atoms with Crippen LogP contribution in [0.2, 0.25) is 0 Å². The number of aromatic nitrogens is 3. The Morgan fingerprint density at radius 1 is 1.07 bits per heavy atom. The molecule has 0 aliphatic carbocycles. The van der Waals surface area contributed by atoms with Crippen molar-refractivity contribution in [2.75, 3.05) is 6.26 Å². The van der Waals surface area contributed by atoms with Crippen LogP contribution >= 0.6 is 0 Å². The van der Waals surface area contributed by atoms with E-state index >= 15 is 0 Å². The van der Waals surface area contributed by atoms with E-state index in [1.165, 1.54) is 5.57 Å². The topological polar surface area (TPSA) is 58.6 Å². The maximum atomic E-state index is 11.7. The molecule has 1 atom stereocenters. The van der Waals surface area contributed by atoms with Gasteiger partial charge in [-0.25, -0.2) is 4.98 Å². The van der Waals surface area contributed by atoms with Gasteiger partial charge in [-0.15, -0.1) is 0 Å². The molecule has 0 spiro atoms. The monoisotopic (exact) mass is 389 g/mol. The fourth-order valence-electron chi connectivity index (χ4n) is 2.88. The molecule has 142 valence electrons. The molecule has 2 aromatic heterocycles. The predicted octanol–water partition coefficient (Wildman–Crippen LogP) is 5.41. The molecule has 1 N–H and O–H groups in total. The van der Waals surface area contributed by atoms with Crippen LogP contribution in [-0.4, -0.2) is 25.4 Å². The Morgan fingerprint density at radius 3 is 2.32 bits per heavy atom. The average molecular weight is 390 g/mol. The quantitative estimate of drug-likeness (QED) is 0.573. The van der Waals surface area contributed by atoms with Crippen LogP contribution in [0, 0.1) is 0 Å². The minimum absolute atomic E-state index is 0.757. The van der Waals surface area contributed by atoms with Gasteiger partial charge in [-0.3, -0.25) is 9.19 Å². The molecule has 3 aromatic rings. The molecule has 1 aromatic carbocycles. The summed E-state index contributed by atoms with van der Waals surface area (Å²) < 4.78 is 11.7. The minimum atomic E-state index is -1.00. The molecular weight excluding hydrogens is 366 g/mol. The second-order valence-electron chi connectivity index (χ2n) is 6.60. The number of benzene rings is 1. The number of allylic oxidation sites excluding steroid dienone is 5. The Bertz CT molecular complexity index is 1060. The SMILES string of the molecule is C=C/C=C(\C=C(C)C)c1nc(-c2ccc(S(C)=O)cc2)[nH]c1-c1ccncc1. The van der Waals surface area contributed by atoms with Crippen molar-refractivity contribution in [3.05, 3.63) is 84.9 Å². The average Bonchev–Trinajstić information content (AvgIpc) is 3.13. The van der Waals surface area contributed by atoms with Crippen LogP contribution in [0.15, 0.2) is 84.1 Å². The number of pyridine rings is 1. The van der Waals surface area contributed by atoms with Gasteiger partial charge in [0.25, 0.3) is 0 Å². The molecule has 0 fully saturated rings. The highest BCUT2D eigenvalue weighted by atomic mass is 32.2. The molecule has 0 bridgehead atoms. The van der Waals surface area contributed by atoms with Gasteiger partial charge in [0.2, 0.25) is 0 Å². The van der Waals surface area contributed by atoms with Gasteiger partial charge in [0.1, 0.15) is 5.82 Å². The lowest BCUT2D eigenvalue weighted by Crippen LogP contribution is -1.88. The van der Waals surface area contributed by atoms with Gasteiger partial charge in [0.15, 0.2) is 0 Å². The zero-order chi connectivity index (χ0) is 20.1. The van der Waals surface area contributed by atoms with Crippen molar-refractivity contribution in [3.8, 4) is 22.6 Å². The number of imidazole rings is 1. The van der Waals surface area contributed by atoms with E-state index in [9.17, 15) is 4.21 Å². The zero-order valence-corrected chi connectivity index (χ0v) is 17.1. The molecule has 0 aliphatic rings. The highest BCUT2D eigenvalue weighted by Crippen LogP contribution is 2.31. The van der Waals surface area contributed by atoms with E-state index in [0.29, 0.717) is 0 Å². The summed E-state index contributed by atoms with van der Waals surface area (Å²) in [5.41, 5.74) is 5.87. The summed E-state index contributed by atoms with van der Waals surface area (Å²) in [5, 5.41) is 0. The molecule has 0 saturated heterocycles. The Kier molecular flexibility index (Phi) is 6.16. The van der Waals surface area contributed by atoms with E-state index in [2.05, 4.69) is 36.5 Å². The molecule has 5 heteroatoms. The lowest BCUT2D eigenvalue weighted by Gasteiger charge is -2.04. The van der Waals surface area contributed by atoms with Crippen LogP contribution in [0.3, 0.4) is 0 Å². The lowest BCUT2D eigenvalue weighted by molar-refractivity contribution is 0.687. The van der Waals surface area contributed by atoms with Crippen molar-refractivity contribution in [2.24, 2.45) is 0 Å². The van der Waals surface area contributed by atoms with Crippen molar-refractivity contribution in [2.45, 2.75) is 18.7 Å². The normalized spacial score (nSPS) is 12.5. The van der Waals surface area contributed by atoms with E-state index in [1.54, 1.807) is 24.7 Å². The van der Waals surface area contributed by atoms with Crippen molar-refractivity contribution in [1.82, 2.24) is 15.0 Å². The van der Waals surface area contributed by atoms with Crippen molar-refractivity contribution < 1.29 is 4.21 Å². The van der Waals surface area contributed by atoms with Crippen LogP contribution in [0.1, 0.15) is 19.5 Å². The third-order valence-electron chi connectivity index (χ3n) is 4.15. The van der Waals surface area contributed by atoms with Gasteiger partial charge < -0.3 is 4.98 Å². The van der Waals surface area contributed by atoms with Gasteiger partial charge in [0, 0.05) is 51.0 Å². The zero-order valence-electron chi connectivity index (χ0n) is 16.3. The van der Waals surface area contributed by atoms with E-state index < -0.39 is 10.8 Å². The number of nitrogens with zero attached hydrogens (tertiary/aromatic N) is 2. The fourth-order valence-corrected chi connectivity index (χ4v) is 3.40. The summed E-state index contributed by atoms with van der Waals surface area (Å²) >= 11 is 0. The standard InChI is InChI=1S/C23H23N3OS/c1-5-6-19(15-16(2)3)22-21(17-11-13-24-14-12-17)25-23(26-22)18-7-9-20(10-8-18)28(4)27/h5-15H,1H2,2-4H3,(H,25,26)/b19-6+. The molecule has 0 radical (unpaired) electrons. The van der Waals surface area contributed by atoms with Crippen LogP contribution in [0.4, 0.5) is 0 Å². The number of rotatable bonds is 6. The largest absolute Gasteiger partial charge is 0.337 e. The number of H-pyrrole nitrogens is 1. The molecule has 0 aliphatic heterocycles. The first kappa shape index (κ1) is 19.7. The first-order valence-corrected chi connectivity index (χ1v) is 10.5. The third-order valence-corrected chi connectivity index (χ3v) is 5.08. The third kappa shape index (κ3) is 4.43. The lowest BCUT2D eigenvalue weighted by atomic mass is 10.0. The van der Waals surface area contributed by atoms with E-state index in [4.69, 9.17) is 4.98 Å². The molecule has 2 heterocycles. The fraction of sp³-hybridized carbons (Fsp3) is 0.130. The highest BCUT2D eigenvalue weighted by molar-refractivity contribution is 7.84. The van der Waals surface area contributed by atoms with Gasteiger partial charge >= 0.3 is 0 Å². The molecule has 0 amide bonds.